The molecule has 0 spiro atoms. The molecule has 1 aromatic heterocycles. The van der Waals surface area contributed by atoms with Crippen LogP contribution in [0.4, 0.5) is 5.69 Å². The largest absolute Gasteiger partial charge is 0.494 e. The van der Waals surface area contributed by atoms with Crippen LogP contribution in [0, 0.1) is 0 Å². The van der Waals surface area contributed by atoms with Gasteiger partial charge < -0.3 is 10.5 Å². The fourth-order valence-electron chi connectivity index (χ4n) is 1.57. The number of nitrogens with zero attached hydrogens (tertiary/aromatic N) is 2. The highest BCUT2D eigenvalue weighted by atomic mass is 79.9. The summed E-state index contributed by atoms with van der Waals surface area (Å²) < 4.78 is 7.57. The van der Waals surface area contributed by atoms with Crippen molar-refractivity contribution in [3.8, 4) is 5.75 Å². The summed E-state index contributed by atoms with van der Waals surface area (Å²) in [6.45, 7) is 1.10. The highest BCUT2D eigenvalue weighted by molar-refractivity contribution is 9.10. The first kappa shape index (κ1) is 13.6. The maximum absolute atomic E-state index is 11.7. The van der Waals surface area contributed by atoms with Crippen LogP contribution in [0.5, 0.6) is 5.75 Å². The quantitative estimate of drug-likeness (QED) is 0.675. The molecule has 0 aliphatic heterocycles. The van der Waals surface area contributed by atoms with E-state index in [1.54, 1.807) is 16.7 Å². The van der Waals surface area contributed by atoms with Crippen LogP contribution in [-0.4, -0.2) is 16.2 Å². The van der Waals surface area contributed by atoms with Gasteiger partial charge in [-0.2, -0.15) is 0 Å². The molecule has 2 N–H and O–H groups in total. The highest BCUT2D eigenvalue weighted by Crippen LogP contribution is 2.13. The molecule has 0 amide bonds. The molecule has 0 aliphatic carbocycles. The van der Waals surface area contributed by atoms with Crippen LogP contribution in [0.25, 0.3) is 0 Å². The van der Waals surface area contributed by atoms with Gasteiger partial charge in [0.1, 0.15) is 10.2 Å². The summed E-state index contributed by atoms with van der Waals surface area (Å²) in [7, 11) is 0. The number of benzene rings is 1. The van der Waals surface area contributed by atoms with Gasteiger partial charge in [-0.1, -0.05) is 0 Å². The number of rotatable bonds is 5. The van der Waals surface area contributed by atoms with E-state index in [4.69, 9.17) is 10.5 Å². The van der Waals surface area contributed by atoms with Crippen molar-refractivity contribution in [3.63, 3.8) is 0 Å². The van der Waals surface area contributed by atoms with Crippen molar-refractivity contribution >= 4 is 21.6 Å². The first-order valence-corrected chi connectivity index (χ1v) is 6.64. The molecule has 0 fully saturated rings. The van der Waals surface area contributed by atoms with Crippen molar-refractivity contribution < 1.29 is 4.74 Å². The van der Waals surface area contributed by atoms with Crippen molar-refractivity contribution in [2.24, 2.45) is 0 Å². The van der Waals surface area contributed by atoms with E-state index in [-0.39, 0.29) is 5.56 Å². The van der Waals surface area contributed by atoms with Crippen molar-refractivity contribution in [1.82, 2.24) is 9.55 Å². The van der Waals surface area contributed by atoms with Crippen LogP contribution in [-0.2, 0) is 6.54 Å². The van der Waals surface area contributed by atoms with Crippen LogP contribution in [0.3, 0.4) is 0 Å². The van der Waals surface area contributed by atoms with E-state index in [1.807, 2.05) is 12.1 Å². The number of ether oxygens (including phenoxy) is 1. The second-order valence-corrected chi connectivity index (χ2v) is 4.87. The summed E-state index contributed by atoms with van der Waals surface area (Å²) in [6.07, 6.45) is 3.74. The minimum absolute atomic E-state index is 0.0810. The number of hydrogen-bond acceptors (Lipinski definition) is 4. The molecule has 1 aromatic carbocycles. The fraction of sp³-hybridized carbons (Fsp3) is 0.231. The van der Waals surface area contributed by atoms with Crippen molar-refractivity contribution in [1.29, 1.82) is 0 Å². The maximum Gasteiger partial charge on any atom is 0.267 e. The fourth-order valence-corrected chi connectivity index (χ4v) is 1.92. The zero-order valence-electron chi connectivity index (χ0n) is 10.3. The standard InChI is InChI=1S/C13H14BrN3O2/c14-12-8-16-9-17(13(12)18)6-1-7-19-11-4-2-10(15)3-5-11/h2-5,8-9H,1,6-7,15H2. The van der Waals surface area contributed by atoms with Gasteiger partial charge in [-0.3, -0.25) is 9.36 Å². The number of halogens is 1. The Morgan fingerprint density at radius 1 is 1.32 bits per heavy atom. The van der Waals surface area contributed by atoms with E-state index in [0.29, 0.717) is 23.3 Å². The molecule has 0 aliphatic rings. The first-order valence-electron chi connectivity index (χ1n) is 5.85. The molecule has 0 atom stereocenters. The molecule has 0 saturated heterocycles. The van der Waals surface area contributed by atoms with E-state index in [0.717, 1.165) is 12.2 Å². The molecule has 2 aromatic rings. The van der Waals surface area contributed by atoms with Gasteiger partial charge in [0.25, 0.3) is 5.56 Å². The maximum atomic E-state index is 11.7. The lowest BCUT2D eigenvalue weighted by atomic mass is 10.3. The smallest absolute Gasteiger partial charge is 0.267 e. The third kappa shape index (κ3) is 3.82. The Bertz CT molecular complexity index is 596. The molecule has 1 heterocycles. The molecular weight excluding hydrogens is 310 g/mol. The third-order valence-electron chi connectivity index (χ3n) is 2.55. The summed E-state index contributed by atoms with van der Waals surface area (Å²) in [6, 6.07) is 7.22. The molecule has 0 radical (unpaired) electrons. The van der Waals surface area contributed by atoms with Crippen molar-refractivity contribution in [3.05, 3.63) is 51.6 Å². The Kier molecular flexibility index (Phi) is 4.57. The van der Waals surface area contributed by atoms with Gasteiger partial charge >= 0.3 is 0 Å². The monoisotopic (exact) mass is 323 g/mol. The van der Waals surface area contributed by atoms with Gasteiger partial charge in [0.15, 0.2) is 0 Å². The number of nitrogens with two attached hydrogens (primary N) is 1. The van der Waals surface area contributed by atoms with E-state index >= 15 is 0 Å². The molecule has 100 valence electrons. The topological polar surface area (TPSA) is 70.1 Å². The summed E-state index contributed by atoms with van der Waals surface area (Å²) in [5.41, 5.74) is 6.21. The van der Waals surface area contributed by atoms with Crippen molar-refractivity contribution in [2.75, 3.05) is 12.3 Å². The van der Waals surface area contributed by atoms with Crippen LogP contribution in [0.1, 0.15) is 6.42 Å². The Balaban J connectivity index is 1.82. The minimum Gasteiger partial charge on any atom is -0.494 e. The first-order chi connectivity index (χ1) is 9.16. The van der Waals surface area contributed by atoms with Gasteiger partial charge in [-0.25, -0.2) is 4.98 Å². The van der Waals surface area contributed by atoms with Crippen molar-refractivity contribution in [2.45, 2.75) is 13.0 Å². The Labute approximate surface area is 119 Å². The van der Waals surface area contributed by atoms with Crippen LogP contribution in [0.15, 0.2) is 46.1 Å². The number of nitrogen functional groups attached to an aromatic ring is 1. The Morgan fingerprint density at radius 3 is 2.79 bits per heavy atom. The summed E-state index contributed by atoms with van der Waals surface area (Å²) in [5.74, 6) is 0.772. The second kappa shape index (κ2) is 6.38. The summed E-state index contributed by atoms with van der Waals surface area (Å²) >= 11 is 3.16. The number of anilines is 1. The van der Waals surface area contributed by atoms with Crippen LogP contribution in [0.2, 0.25) is 0 Å². The number of aryl methyl sites for hydroxylation is 1. The van der Waals surface area contributed by atoms with Gasteiger partial charge in [0, 0.05) is 18.4 Å². The number of hydrogen-bond donors (Lipinski definition) is 1. The predicted molar refractivity (Wildman–Crippen MR) is 77.2 cm³/mol. The Morgan fingerprint density at radius 2 is 2.05 bits per heavy atom. The average Bonchev–Trinajstić information content (AvgIpc) is 2.41. The molecule has 5 nitrogen and oxygen atoms in total. The summed E-state index contributed by atoms with van der Waals surface area (Å²) in [4.78, 5) is 15.6. The average molecular weight is 324 g/mol. The Hall–Kier alpha value is -1.82. The molecule has 6 heteroatoms. The lowest BCUT2D eigenvalue weighted by Crippen LogP contribution is -2.21. The SMILES string of the molecule is Nc1ccc(OCCCn2cncc(Br)c2=O)cc1. The van der Waals surface area contributed by atoms with E-state index in [2.05, 4.69) is 20.9 Å². The lowest BCUT2D eigenvalue weighted by Gasteiger charge is -2.07. The second-order valence-electron chi connectivity index (χ2n) is 4.01. The zero-order chi connectivity index (χ0) is 13.7. The minimum atomic E-state index is -0.0810. The lowest BCUT2D eigenvalue weighted by molar-refractivity contribution is 0.300. The van der Waals surface area contributed by atoms with Gasteiger partial charge in [0.2, 0.25) is 0 Å². The van der Waals surface area contributed by atoms with Gasteiger partial charge in [-0.05, 0) is 46.6 Å². The molecule has 0 bridgehead atoms. The molecule has 0 saturated carbocycles. The molecule has 19 heavy (non-hydrogen) atoms. The van der Waals surface area contributed by atoms with E-state index in [1.165, 1.54) is 12.5 Å². The number of aromatic nitrogens is 2. The molecule has 0 unspecified atom stereocenters. The van der Waals surface area contributed by atoms with Crippen LogP contribution < -0.4 is 16.0 Å². The highest BCUT2D eigenvalue weighted by Gasteiger charge is 2.00. The summed E-state index contributed by atoms with van der Waals surface area (Å²) in [5, 5.41) is 0. The van der Waals surface area contributed by atoms with Crippen LogP contribution >= 0.6 is 15.9 Å². The van der Waals surface area contributed by atoms with Gasteiger partial charge in [0.05, 0.1) is 12.9 Å². The van der Waals surface area contributed by atoms with E-state index in [9.17, 15) is 4.79 Å². The molecular formula is C13H14BrN3O2. The van der Waals surface area contributed by atoms with E-state index < -0.39 is 0 Å². The predicted octanol–water partition coefficient (Wildman–Crippen LogP) is 2.06. The van der Waals surface area contributed by atoms with Gasteiger partial charge in [-0.15, -0.1) is 0 Å². The normalized spacial score (nSPS) is 10.4. The molecule has 2 rings (SSSR count). The third-order valence-corrected chi connectivity index (χ3v) is 3.10. The zero-order valence-corrected chi connectivity index (χ0v) is 11.8.